The second kappa shape index (κ2) is 5.72. The predicted octanol–water partition coefficient (Wildman–Crippen LogP) is 3.08. The number of nitrogens with zero attached hydrogens (tertiary/aromatic N) is 1. The minimum atomic E-state index is -0.194. The Labute approximate surface area is 113 Å². The van der Waals surface area contributed by atoms with Crippen LogP contribution in [0.4, 0.5) is 4.39 Å². The Bertz CT molecular complexity index is 565. The zero-order valence-corrected chi connectivity index (χ0v) is 12.0. The molecule has 1 aromatic heterocycles. The van der Waals surface area contributed by atoms with E-state index in [0.717, 1.165) is 35.2 Å². The molecule has 19 heavy (non-hydrogen) atoms. The standard InChI is InChI=1S/C15H21FN2O/c1-10(19-4)8-18(3)9-14-11(2)17-15-6-5-12(16)7-13(14)15/h5-7,10,17H,8-9H2,1-4H3/t10-/m1/s1. The van der Waals surface area contributed by atoms with Crippen LogP contribution in [-0.2, 0) is 11.3 Å². The van der Waals surface area contributed by atoms with Gasteiger partial charge in [0.25, 0.3) is 0 Å². The van der Waals surface area contributed by atoms with Crippen molar-refractivity contribution in [1.82, 2.24) is 9.88 Å². The van der Waals surface area contributed by atoms with Gasteiger partial charge in [0.2, 0.25) is 0 Å². The maximum absolute atomic E-state index is 13.4. The lowest BCUT2D eigenvalue weighted by molar-refractivity contribution is 0.0837. The Balaban J connectivity index is 2.24. The average molecular weight is 264 g/mol. The number of aromatic nitrogens is 1. The van der Waals surface area contributed by atoms with E-state index in [1.807, 2.05) is 20.9 Å². The molecule has 104 valence electrons. The Morgan fingerprint density at radius 2 is 2.16 bits per heavy atom. The summed E-state index contributed by atoms with van der Waals surface area (Å²) in [6.45, 7) is 5.69. The molecule has 0 aliphatic heterocycles. The summed E-state index contributed by atoms with van der Waals surface area (Å²) < 4.78 is 18.6. The zero-order chi connectivity index (χ0) is 14.0. The maximum Gasteiger partial charge on any atom is 0.123 e. The second-order valence-electron chi connectivity index (χ2n) is 5.16. The summed E-state index contributed by atoms with van der Waals surface area (Å²) in [6, 6.07) is 4.87. The summed E-state index contributed by atoms with van der Waals surface area (Å²) in [5, 5.41) is 0.967. The van der Waals surface area contributed by atoms with Crippen LogP contribution in [0.5, 0.6) is 0 Å². The maximum atomic E-state index is 13.4. The van der Waals surface area contributed by atoms with Gasteiger partial charge in [0.15, 0.2) is 0 Å². The molecule has 0 saturated carbocycles. The molecule has 0 saturated heterocycles. The number of aromatic amines is 1. The minimum absolute atomic E-state index is 0.187. The number of aryl methyl sites for hydroxylation is 1. The number of hydrogen-bond acceptors (Lipinski definition) is 2. The number of rotatable bonds is 5. The number of fused-ring (bicyclic) bond motifs is 1. The Kier molecular flexibility index (Phi) is 4.22. The number of ether oxygens (including phenoxy) is 1. The number of methoxy groups -OCH3 is 1. The zero-order valence-electron chi connectivity index (χ0n) is 12.0. The SMILES string of the molecule is CO[C@H](C)CN(C)Cc1c(C)[nH]c2ccc(F)cc12. The van der Waals surface area contributed by atoms with Crippen molar-refractivity contribution in [2.24, 2.45) is 0 Å². The first-order valence-electron chi connectivity index (χ1n) is 6.49. The highest BCUT2D eigenvalue weighted by atomic mass is 19.1. The molecular formula is C15H21FN2O. The molecular weight excluding hydrogens is 243 g/mol. The van der Waals surface area contributed by atoms with Crippen molar-refractivity contribution < 1.29 is 9.13 Å². The van der Waals surface area contributed by atoms with E-state index in [0.29, 0.717) is 0 Å². The highest BCUT2D eigenvalue weighted by Crippen LogP contribution is 2.24. The Morgan fingerprint density at radius 3 is 2.84 bits per heavy atom. The van der Waals surface area contributed by atoms with E-state index in [2.05, 4.69) is 9.88 Å². The van der Waals surface area contributed by atoms with Gasteiger partial charge in [0.1, 0.15) is 5.82 Å². The summed E-state index contributed by atoms with van der Waals surface area (Å²) in [5.41, 5.74) is 3.24. The molecule has 0 aliphatic rings. The number of likely N-dealkylation sites (N-methyl/N-ethyl adjacent to an activating group) is 1. The molecule has 0 bridgehead atoms. The van der Waals surface area contributed by atoms with Gasteiger partial charge in [-0.1, -0.05) is 0 Å². The van der Waals surface area contributed by atoms with Crippen molar-refractivity contribution in [3.63, 3.8) is 0 Å². The van der Waals surface area contributed by atoms with Crippen LogP contribution in [0.1, 0.15) is 18.2 Å². The van der Waals surface area contributed by atoms with E-state index in [4.69, 9.17) is 4.74 Å². The van der Waals surface area contributed by atoms with Gasteiger partial charge in [-0.05, 0) is 44.7 Å². The fourth-order valence-electron chi connectivity index (χ4n) is 2.41. The van der Waals surface area contributed by atoms with Crippen LogP contribution in [0.3, 0.4) is 0 Å². The van der Waals surface area contributed by atoms with E-state index >= 15 is 0 Å². The highest BCUT2D eigenvalue weighted by Gasteiger charge is 2.12. The van der Waals surface area contributed by atoms with E-state index in [9.17, 15) is 4.39 Å². The molecule has 0 aliphatic carbocycles. The predicted molar refractivity (Wildman–Crippen MR) is 75.8 cm³/mol. The van der Waals surface area contributed by atoms with Gasteiger partial charge >= 0.3 is 0 Å². The van der Waals surface area contributed by atoms with Crippen molar-refractivity contribution >= 4 is 10.9 Å². The third-order valence-corrected chi connectivity index (χ3v) is 3.48. The highest BCUT2D eigenvalue weighted by molar-refractivity contribution is 5.84. The summed E-state index contributed by atoms with van der Waals surface area (Å²) in [4.78, 5) is 5.49. The number of hydrogen-bond donors (Lipinski definition) is 1. The van der Waals surface area contributed by atoms with Crippen molar-refractivity contribution in [2.45, 2.75) is 26.5 Å². The molecule has 3 nitrogen and oxygen atoms in total. The lowest BCUT2D eigenvalue weighted by Gasteiger charge is -2.20. The topological polar surface area (TPSA) is 28.3 Å². The van der Waals surface area contributed by atoms with Gasteiger partial charge in [-0.3, -0.25) is 4.90 Å². The molecule has 0 amide bonds. The summed E-state index contributed by atoms with van der Waals surface area (Å²) in [6.07, 6.45) is 0.187. The molecule has 1 atom stereocenters. The van der Waals surface area contributed by atoms with E-state index in [-0.39, 0.29) is 11.9 Å². The molecule has 0 spiro atoms. The van der Waals surface area contributed by atoms with Gasteiger partial charge in [0.05, 0.1) is 6.10 Å². The molecule has 2 rings (SSSR count). The number of benzene rings is 1. The lowest BCUT2D eigenvalue weighted by Crippen LogP contribution is -2.28. The second-order valence-corrected chi connectivity index (χ2v) is 5.16. The van der Waals surface area contributed by atoms with Crippen molar-refractivity contribution in [3.8, 4) is 0 Å². The fraction of sp³-hybridized carbons (Fsp3) is 0.467. The van der Waals surface area contributed by atoms with Gasteiger partial charge in [-0.25, -0.2) is 4.39 Å². The summed E-state index contributed by atoms with van der Waals surface area (Å²) >= 11 is 0. The third-order valence-electron chi connectivity index (χ3n) is 3.48. The first-order valence-corrected chi connectivity index (χ1v) is 6.49. The number of halogens is 1. The minimum Gasteiger partial charge on any atom is -0.380 e. The molecule has 2 aromatic rings. The first-order chi connectivity index (χ1) is 9.01. The van der Waals surface area contributed by atoms with E-state index < -0.39 is 0 Å². The van der Waals surface area contributed by atoms with Crippen LogP contribution in [0, 0.1) is 12.7 Å². The largest absolute Gasteiger partial charge is 0.380 e. The van der Waals surface area contributed by atoms with Crippen LogP contribution in [0.2, 0.25) is 0 Å². The Hall–Kier alpha value is -1.39. The summed E-state index contributed by atoms with van der Waals surface area (Å²) in [7, 11) is 3.76. The van der Waals surface area contributed by atoms with Crippen LogP contribution >= 0.6 is 0 Å². The van der Waals surface area contributed by atoms with E-state index in [1.165, 1.54) is 6.07 Å². The Morgan fingerprint density at radius 1 is 1.42 bits per heavy atom. The van der Waals surface area contributed by atoms with Crippen molar-refractivity contribution in [1.29, 1.82) is 0 Å². The van der Waals surface area contributed by atoms with Crippen LogP contribution in [-0.4, -0.2) is 36.7 Å². The molecule has 1 heterocycles. The number of nitrogens with one attached hydrogen (secondary N) is 1. The van der Waals surface area contributed by atoms with Gasteiger partial charge in [-0.2, -0.15) is 0 Å². The normalized spacial score (nSPS) is 13.4. The first kappa shape index (κ1) is 14.0. The van der Waals surface area contributed by atoms with Crippen LogP contribution in [0.15, 0.2) is 18.2 Å². The molecule has 1 aromatic carbocycles. The van der Waals surface area contributed by atoms with Gasteiger partial charge in [-0.15, -0.1) is 0 Å². The van der Waals surface area contributed by atoms with Crippen molar-refractivity contribution in [2.75, 3.05) is 20.7 Å². The summed E-state index contributed by atoms with van der Waals surface area (Å²) in [5.74, 6) is -0.194. The van der Waals surface area contributed by atoms with Gasteiger partial charge < -0.3 is 9.72 Å². The van der Waals surface area contributed by atoms with Crippen LogP contribution < -0.4 is 0 Å². The van der Waals surface area contributed by atoms with E-state index in [1.54, 1.807) is 19.2 Å². The average Bonchev–Trinajstić information content (AvgIpc) is 2.66. The molecule has 4 heteroatoms. The molecule has 0 unspecified atom stereocenters. The molecule has 1 N–H and O–H groups in total. The monoisotopic (exact) mass is 264 g/mol. The lowest BCUT2D eigenvalue weighted by atomic mass is 10.1. The quantitative estimate of drug-likeness (QED) is 0.899. The van der Waals surface area contributed by atoms with Crippen LogP contribution in [0.25, 0.3) is 10.9 Å². The van der Waals surface area contributed by atoms with Crippen molar-refractivity contribution in [3.05, 3.63) is 35.3 Å². The third kappa shape index (κ3) is 3.14. The fourth-order valence-corrected chi connectivity index (χ4v) is 2.41. The smallest absolute Gasteiger partial charge is 0.123 e. The molecule has 0 fully saturated rings. The molecule has 0 radical (unpaired) electrons. The number of H-pyrrole nitrogens is 1. The van der Waals surface area contributed by atoms with Gasteiger partial charge in [0, 0.05) is 36.8 Å².